The highest BCUT2D eigenvalue weighted by atomic mass is 19.4. The third-order valence-electron chi connectivity index (χ3n) is 3.03. The van der Waals surface area contributed by atoms with Gasteiger partial charge in [-0.3, -0.25) is 9.59 Å². The largest absolute Gasteiger partial charge is 0.468 e. The van der Waals surface area contributed by atoms with E-state index in [0.717, 1.165) is 31.4 Å². The van der Waals surface area contributed by atoms with Crippen LogP contribution in [-0.2, 0) is 20.5 Å². The number of rotatable bonds is 3. The predicted octanol–water partition coefficient (Wildman–Crippen LogP) is 1.77. The Morgan fingerprint density at radius 3 is 2.39 bits per heavy atom. The number of esters is 1. The molecule has 1 aromatic rings. The van der Waals surface area contributed by atoms with E-state index in [-0.39, 0.29) is 5.70 Å². The summed E-state index contributed by atoms with van der Waals surface area (Å²) in [7, 11) is 1.11. The van der Waals surface area contributed by atoms with Crippen molar-refractivity contribution in [3.63, 3.8) is 0 Å². The third kappa shape index (κ3) is 3.68. The Bertz CT molecular complexity index is 680. The van der Waals surface area contributed by atoms with E-state index in [2.05, 4.69) is 10.1 Å². The van der Waals surface area contributed by atoms with Crippen LogP contribution in [0.15, 0.2) is 30.0 Å². The molecule has 0 spiro atoms. The van der Waals surface area contributed by atoms with Crippen LogP contribution >= 0.6 is 0 Å². The number of alkyl halides is 3. The Labute approximate surface area is 128 Å². The molecular formula is C14H11F3N2O4. The minimum absolute atomic E-state index is 0.140. The van der Waals surface area contributed by atoms with E-state index in [9.17, 15) is 27.6 Å². The van der Waals surface area contributed by atoms with Gasteiger partial charge in [0.1, 0.15) is 12.2 Å². The number of hydrogen-bond donors (Lipinski definition) is 1. The fourth-order valence-corrected chi connectivity index (χ4v) is 1.84. The van der Waals surface area contributed by atoms with Crippen molar-refractivity contribution in [2.75, 3.05) is 13.7 Å². The highest BCUT2D eigenvalue weighted by Gasteiger charge is 2.35. The Morgan fingerprint density at radius 1 is 1.26 bits per heavy atom. The molecule has 0 saturated carbocycles. The molecule has 0 atom stereocenters. The van der Waals surface area contributed by atoms with Gasteiger partial charge in [0.05, 0.1) is 12.7 Å². The molecule has 0 unspecified atom stereocenters. The fourth-order valence-electron chi connectivity index (χ4n) is 1.84. The number of hydrogen-bond acceptors (Lipinski definition) is 4. The molecule has 1 saturated heterocycles. The molecule has 1 N–H and O–H groups in total. The zero-order valence-electron chi connectivity index (χ0n) is 11.8. The Kier molecular flexibility index (Phi) is 4.39. The lowest BCUT2D eigenvalue weighted by molar-refractivity contribution is -0.143. The molecular weight excluding hydrogens is 317 g/mol. The number of nitrogens with zero attached hydrogens (tertiary/aromatic N) is 1. The first-order valence-electron chi connectivity index (χ1n) is 6.31. The summed E-state index contributed by atoms with van der Waals surface area (Å²) in [5.74, 6) is -1.54. The van der Waals surface area contributed by atoms with E-state index < -0.39 is 36.2 Å². The molecule has 1 aromatic carbocycles. The lowest BCUT2D eigenvalue weighted by atomic mass is 10.1. The number of methoxy groups -OCH3 is 1. The molecule has 0 aliphatic carbocycles. The zero-order valence-corrected chi connectivity index (χ0v) is 11.8. The molecule has 6 nitrogen and oxygen atoms in total. The van der Waals surface area contributed by atoms with Gasteiger partial charge >= 0.3 is 18.2 Å². The number of imide groups is 1. The van der Waals surface area contributed by atoms with Crippen molar-refractivity contribution in [1.29, 1.82) is 0 Å². The Morgan fingerprint density at radius 2 is 1.87 bits per heavy atom. The molecule has 9 heteroatoms. The number of halogens is 3. The average molecular weight is 328 g/mol. The van der Waals surface area contributed by atoms with Crippen molar-refractivity contribution in [3.05, 3.63) is 41.1 Å². The van der Waals surface area contributed by atoms with Crippen LogP contribution in [-0.4, -0.2) is 36.5 Å². The van der Waals surface area contributed by atoms with Crippen LogP contribution in [0.5, 0.6) is 0 Å². The molecule has 0 aromatic heterocycles. The summed E-state index contributed by atoms with van der Waals surface area (Å²) in [5, 5.41) is 2.25. The SMILES string of the molecule is COC(=O)CN1C(=O)N/C(=C/c2ccc(C(F)(F)F)cc2)C1=O. The summed E-state index contributed by atoms with van der Waals surface area (Å²) in [6.45, 7) is -0.550. The number of carbonyl (C=O) groups excluding carboxylic acids is 3. The molecule has 1 aliphatic rings. The Hall–Kier alpha value is -2.84. The minimum atomic E-state index is -4.46. The fraction of sp³-hybridized carbons (Fsp3) is 0.214. The van der Waals surface area contributed by atoms with Gasteiger partial charge in [-0.1, -0.05) is 12.1 Å². The van der Waals surface area contributed by atoms with Crippen molar-refractivity contribution >= 4 is 24.0 Å². The monoisotopic (exact) mass is 328 g/mol. The maximum absolute atomic E-state index is 12.5. The van der Waals surface area contributed by atoms with E-state index in [0.29, 0.717) is 10.5 Å². The first-order valence-corrected chi connectivity index (χ1v) is 6.31. The van der Waals surface area contributed by atoms with Crippen LogP contribution in [0, 0.1) is 0 Å². The first-order chi connectivity index (χ1) is 10.7. The summed E-state index contributed by atoms with van der Waals surface area (Å²) < 4.78 is 41.8. The van der Waals surface area contributed by atoms with Gasteiger partial charge in [0.25, 0.3) is 5.91 Å². The van der Waals surface area contributed by atoms with E-state index in [1.54, 1.807) is 0 Å². The second kappa shape index (κ2) is 6.11. The van der Waals surface area contributed by atoms with Crippen LogP contribution in [0.25, 0.3) is 6.08 Å². The van der Waals surface area contributed by atoms with E-state index >= 15 is 0 Å². The average Bonchev–Trinajstić information content (AvgIpc) is 2.74. The van der Waals surface area contributed by atoms with Crippen molar-refractivity contribution < 1.29 is 32.3 Å². The number of nitrogens with one attached hydrogen (secondary N) is 1. The van der Waals surface area contributed by atoms with E-state index in [4.69, 9.17) is 0 Å². The second-order valence-corrected chi connectivity index (χ2v) is 4.58. The maximum atomic E-state index is 12.5. The van der Waals surface area contributed by atoms with Gasteiger partial charge in [0, 0.05) is 0 Å². The van der Waals surface area contributed by atoms with Crippen LogP contribution in [0.1, 0.15) is 11.1 Å². The summed E-state index contributed by atoms with van der Waals surface area (Å²) in [6, 6.07) is 3.24. The maximum Gasteiger partial charge on any atom is 0.416 e. The van der Waals surface area contributed by atoms with Crippen LogP contribution in [0.3, 0.4) is 0 Å². The quantitative estimate of drug-likeness (QED) is 0.521. The normalized spacial score (nSPS) is 16.7. The zero-order chi connectivity index (χ0) is 17.2. The lowest BCUT2D eigenvalue weighted by Crippen LogP contribution is -2.36. The van der Waals surface area contributed by atoms with Crippen LogP contribution in [0.4, 0.5) is 18.0 Å². The van der Waals surface area contributed by atoms with Gasteiger partial charge in [-0.15, -0.1) is 0 Å². The van der Waals surface area contributed by atoms with Crippen molar-refractivity contribution in [3.8, 4) is 0 Å². The van der Waals surface area contributed by atoms with Gasteiger partial charge in [0.2, 0.25) is 0 Å². The van der Waals surface area contributed by atoms with Gasteiger partial charge in [-0.25, -0.2) is 9.69 Å². The number of urea groups is 1. The van der Waals surface area contributed by atoms with Crippen molar-refractivity contribution in [2.24, 2.45) is 0 Å². The molecule has 0 bridgehead atoms. The number of benzene rings is 1. The number of ether oxygens (including phenoxy) is 1. The highest BCUT2D eigenvalue weighted by molar-refractivity contribution is 6.15. The van der Waals surface area contributed by atoms with Crippen molar-refractivity contribution in [2.45, 2.75) is 6.18 Å². The molecule has 2 rings (SSSR count). The van der Waals surface area contributed by atoms with Gasteiger partial charge in [0.15, 0.2) is 0 Å². The van der Waals surface area contributed by atoms with Crippen molar-refractivity contribution in [1.82, 2.24) is 10.2 Å². The molecule has 122 valence electrons. The molecule has 23 heavy (non-hydrogen) atoms. The molecule has 1 heterocycles. The summed E-state index contributed by atoms with van der Waals surface area (Å²) in [6.07, 6.45) is -3.24. The first kappa shape index (κ1) is 16.5. The van der Waals surface area contributed by atoms with Gasteiger partial charge in [-0.2, -0.15) is 13.2 Å². The molecule has 0 radical (unpaired) electrons. The van der Waals surface area contributed by atoms with E-state index in [1.807, 2.05) is 0 Å². The second-order valence-electron chi connectivity index (χ2n) is 4.58. The molecule has 3 amide bonds. The number of carbonyl (C=O) groups is 3. The standard InChI is InChI=1S/C14H11F3N2O4/c1-23-11(20)7-19-12(21)10(18-13(19)22)6-8-2-4-9(5-3-8)14(15,16)17/h2-6H,7H2,1H3,(H,18,22)/b10-6+. The van der Waals surface area contributed by atoms with Gasteiger partial charge in [-0.05, 0) is 23.8 Å². The highest BCUT2D eigenvalue weighted by Crippen LogP contribution is 2.29. The molecule has 1 fully saturated rings. The van der Waals surface area contributed by atoms with Gasteiger partial charge < -0.3 is 10.1 Å². The smallest absolute Gasteiger partial charge is 0.416 e. The summed E-state index contributed by atoms with van der Waals surface area (Å²) in [5.41, 5.74) is -0.672. The summed E-state index contributed by atoms with van der Waals surface area (Å²) in [4.78, 5) is 35.4. The Balaban J connectivity index is 2.19. The minimum Gasteiger partial charge on any atom is -0.468 e. The molecule has 1 aliphatic heterocycles. The van der Waals surface area contributed by atoms with Crippen LogP contribution < -0.4 is 5.32 Å². The van der Waals surface area contributed by atoms with Crippen LogP contribution in [0.2, 0.25) is 0 Å². The number of amides is 3. The lowest BCUT2D eigenvalue weighted by Gasteiger charge is -2.09. The van der Waals surface area contributed by atoms with E-state index in [1.165, 1.54) is 6.08 Å². The predicted molar refractivity (Wildman–Crippen MR) is 71.7 cm³/mol. The third-order valence-corrected chi connectivity index (χ3v) is 3.03. The summed E-state index contributed by atoms with van der Waals surface area (Å²) >= 11 is 0. The topological polar surface area (TPSA) is 75.7 Å².